The second kappa shape index (κ2) is 9.05. The van der Waals surface area contributed by atoms with Crippen molar-refractivity contribution >= 4 is 0 Å². The van der Waals surface area contributed by atoms with Gasteiger partial charge in [-0.25, -0.2) is 4.39 Å². The molecule has 1 aromatic carbocycles. The third kappa shape index (κ3) is 6.17. The molecule has 19 heavy (non-hydrogen) atoms. The lowest BCUT2D eigenvalue weighted by Crippen LogP contribution is -2.30. The van der Waals surface area contributed by atoms with Gasteiger partial charge in [-0.1, -0.05) is 25.1 Å². The van der Waals surface area contributed by atoms with Crippen LogP contribution in [-0.4, -0.2) is 31.1 Å². The summed E-state index contributed by atoms with van der Waals surface area (Å²) in [4.78, 5) is 2.22. The average Bonchev–Trinajstić information content (AvgIpc) is 2.41. The maximum absolute atomic E-state index is 13.6. The Morgan fingerprint density at radius 2 is 2.00 bits per heavy atom. The molecule has 3 heteroatoms. The molecule has 0 spiro atoms. The van der Waals surface area contributed by atoms with Crippen molar-refractivity contribution in [1.29, 1.82) is 0 Å². The van der Waals surface area contributed by atoms with Gasteiger partial charge >= 0.3 is 0 Å². The van der Waals surface area contributed by atoms with Crippen LogP contribution < -0.4 is 5.32 Å². The Morgan fingerprint density at radius 1 is 1.26 bits per heavy atom. The Labute approximate surface area is 117 Å². The van der Waals surface area contributed by atoms with Crippen molar-refractivity contribution in [3.63, 3.8) is 0 Å². The van der Waals surface area contributed by atoms with Crippen LogP contribution in [0.3, 0.4) is 0 Å². The lowest BCUT2D eigenvalue weighted by molar-refractivity contribution is 0.231. The molecule has 0 saturated heterocycles. The smallest absolute Gasteiger partial charge is 0.127 e. The van der Waals surface area contributed by atoms with E-state index in [1.54, 1.807) is 6.07 Å². The zero-order valence-corrected chi connectivity index (χ0v) is 12.5. The molecule has 0 aliphatic heterocycles. The Morgan fingerprint density at radius 3 is 2.68 bits per heavy atom. The summed E-state index contributed by atoms with van der Waals surface area (Å²) in [5.74, 6) is -0.105. The number of hydrogen-bond donors (Lipinski definition) is 1. The van der Waals surface area contributed by atoms with E-state index in [-0.39, 0.29) is 5.82 Å². The number of nitrogens with zero attached hydrogens (tertiary/aromatic N) is 1. The van der Waals surface area contributed by atoms with Crippen LogP contribution in [0.2, 0.25) is 0 Å². The van der Waals surface area contributed by atoms with Crippen molar-refractivity contribution in [3.05, 3.63) is 35.6 Å². The summed E-state index contributed by atoms with van der Waals surface area (Å²) in [6.45, 7) is 7.24. The molecular formula is C16H27FN2. The maximum atomic E-state index is 13.6. The van der Waals surface area contributed by atoms with Crippen molar-refractivity contribution < 1.29 is 4.39 Å². The molecular weight excluding hydrogens is 239 g/mol. The molecule has 1 N–H and O–H groups in total. The molecule has 0 aliphatic rings. The fraction of sp³-hybridized carbons (Fsp3) is 0.625. The van der Waals surface area contributed by atoms with E-state index in [1.165, 1.54) is 18.9 Å². The molecule has 1 aromatic rings. The van der Waals surface area contributed by atoms with Crippen LogP contribution in [0.25, 0.3) is 0 Å². The quantitative estimate of drug-likeness (QED) is 0.689. The van der Waals surface area contributed by atoms with E-state index in [2.05, 4.69) is 31.1 Å². The predicted molar refractivity (Wildman–Crippen MR) is 79.7 cm³/mol. The lowest BCUT2D eigenvalue weighted by atomic mass is 10.1. The van der Waals surface area contributed by atoms with E-state index >= 15 is 0 Å². The van der Waals surface area contributed by atoms with Crippen molar-refractivity contribution in [2.75, 3.05) is 20.1 Å². The second-order valence-electron chi connectivity index (χ2n) is 5.25. The van der Waals surface area contributed by atoms with Crippen molar-refractivity contribution in [1.82, 2.24) is 10.2 Å². The first-order chi connectivity index (χ1) is 9.15. The highest BCUT2D eigenvalue weighted by Gasteiger charge is 2.11. The first-order valence-corrected chi connectivity index (χ1v) is 7.29. The lowest BCUT2D eigenvalue weighted by Gasteiger charge is -2.25. The van der Waals surface area contributed by atoms with Crippen LogP contribution >= 0.6 is 0 Å². The zero-order valence-electron chi connectivity index (χ0n) is 12.5. The molecule has 0 aliphatic carbocycles. The Bertz CT molecular complexity index is 354. The predicted octanol–water partition coefficient (Wildman–Crippen LogP) is 3.43. The molecule has 1 atom stereocenters. The fourth-order valence-corrected chi connectivity index (χ4v) is 2.10. The third-order valence-electron chi connectivity index (χ3n) is 3.53. The maximum Gasteiger partial charge on any atom is 0.127 e. The van der Waals surface area contributed by atoms with E-state index in [9.17, 15) is 4.39 Å². The van der Waals surface area contributed by atoms with Gasteiger partial charge in [0.05, 0.1) is 0 Å². The third-order valence-corrected chi connectivity index (χ3v) is 3.53. The number of halogens is 1. The number of rotatable bonds is 9. The topological polar surface area (TPSA) is 15.3 Å². The first kappa shape index (κ1) is 16.1. The molecule has 0 saturated carbocycles. The summed E-state index contributed by atoms with van der Waals surface area (Å²) >= 11 is 0. The highest BCUT2D eigenvalue weighted by atomic mass is 19.1. The van der Waals surface area contributed by atoms with Crippen LogP contribution in [0, 0.1) is 5.82 Å². The van der Waals surface area contributed by atoms with Crippen molar-refractivity contribution in [2.24, 2.45) is 0 Å². The van der Waals surface area contributed by atoms with Gasteiger partial charge in [-0.15, -0.1) is 0 Å². The Kier molecular flexibility index (Phi) is 7.68. The van der Waals surface area contributed by atoms with Crippen molar-refractivity contribution in [3.8, 4) is 0 Å². The van der Waals surface area contributed by atoms with Crippen molar-refractivity contribution in [2.45, 2.75) is 45.7 Å². The van der Waals surface area contributed by atoms with Gasteiger partial charge in [-0.2, -0.15) is 0 Å². The Hall–Kier alpha value is -0.930. The van der Waals surface area contributed by atoms with Gasteiger partial charge in [0.25, 0.3) is 0 Å². The molecule has 0 bridgehead atoms. The number of hydrogen-bond acceptors (Lipinski definition) is 2. The largest absolute Gasteiger partial charge is 0.317 e. The molecule has 1 unspecified atom stereocenters. The average molecular weight is 266 g/mol. The minimum atomic E-state index is -0.105. The molecule has 1 rings (SSSR count). The SMILES string of the molecule is CCCNCCCC(C)N(C)Cc1ccccc1F. The van der Waals surface area contributed by atoms with E-state index in [1.807, 2.05) is 12.1 Å². The summed E-state index contributed by atoms with van der Waals surface area (Å²) in [6.07, 6.45) is 3.49. The van der Waals surface area contributed by atoms with Gasteiger partial charge in [0.1, 0.15) is 5.82 Å². The van der Waals surface area contributed by atoms with Gasteiger partial charge in [0.15, 0.2) is 0 Å². The second-order valence-corrected chi connectivity index (χ2v) is 5.25. The molecule has 2 nitrogen and oxygen atoms in total. The minimum absolute atomic E-state index is 0.105. The molecule has 0 fully saturated rings. The normalized spacial score (nSPS) is 12.9. The van der Waals surface area contributed by atoms with Gasteiger partial charge in [0.2, 0.25) is 0 Å². The van der Waals surface area contributed by atoms with Gasteiger partial charge in [-0.05, 0) is 52.4 Å². The minimum Gasteiger partial charge on any atom is -0.317 e. The summed E-state index contributed by atoms with van der Waals surface area (Å²) in [5.41, 5.74) is 0.779. The number of nitrogens with one attached hydrogen (secondary N) is 1. The first-order valence-electron chi connectivity index (χ1n) is 7.29. The summed E-state index contributed by atoms with van der Waals surface area (Å²) < 4.78 is 13.6. The summed E-state index contributed by atoms with van der Waals surface area (Å²) in [6, 6.07) is 7.50. The van der Waals surface area contributed by atoms with E-state index in [0.29, 0.717) is 12.6 Å². The number of benzene rings is 1. The highest BCUT2D eigenvalue weighted by molar-refractivity contribution is 5.17. The summed E-state index contributed by atoms with van der Waals surface area (Å²) in [7, 11) is 2.07. The van der Waals surface area contributed by atoms with Crippen LogP contribution in [0.1, 0.15) is 38.7 Å². The van der Waals surface area contributed by atoms with Gasteiger partial charge in [0, 0.05) is 18.2 Å². The van der Waals surface area contributed by atoms with Crippen LogP contribution in [-0.2, 0) is 6.54 Å². The van der Waals surface area contributed by atoms with Crippen LogP contribution in [0.5, 0.6) is 0 Å². The highest BCUT2D eigenvalue weighted by Crippen LogP contribution is 2.12. The summed E-state index contributed by atoms with van der Waals surface area (Å²) in [5, 5.41) is 3.41. The monoisotopic (exact) mass is 266 g/mol. The molecule has 0 heterocycles. The van der Waals surface area contributed by atoms with E-state index < -0.39 is 0 Å². The molecule has 0 amide bonds. The molecule has 0 aromatic heterocycles. The van der Waals surface area contributed by atoms with E-state index in [0.717, 1.165) is 25.1 Å². The Balaban J connectivity index is 2.28. The fourth-order valence-electron chi connectivity index (χ4n) is 2.10. The molecule has 108 valence electrons. The van der Waals surface area contributed by atoms with Gasteiger partial charge in [-0.3, -0.25) is 4.90 Å². The van der Waals surface area contributed by atoms with Crippen LogP contribution in [0.15, 0.2) is 24.3 Å². The zero-order chi connectivity index (χ0) is 14.1. The van der Waals surface area contributed by atoms with E-state index in [4.69, 9.17) is 0 Å². The standard InChI is InChI=1S/C16H27FN2/c1-4-11-18-12-7-8-14(2)19(3)13-15-9-5-6-10-16(15)17/h5-6,9-10,14,18H,4,7-8,11-13H2,1-3H3. The van der Waals surface area contributed by atoms with Crippen LogP contribution in [0.4, 0.5) is 4.39 Å². The molecule has 0 radical (unpaired) electrons. The van der Waals surface area contributed by atoms with Gasteiger partial charge < -0.3 is 5.32 Å².